The molecule has 0 heterocycles. The topological polar surface area (TPSA) is 61.8 Å². The highest BCUT2D eigenvalue weighted by atomic mass is 16.5. The Morgan fingerprint density at radius 1 is 0.613 bits per heavy atom. The van der Waals surface area contributed by atoms with Crippen molar-refractivity contribution in [2.75, 3.05) is 26.4 Å². The zero-order valence-electron chi connectivity index (χ0n) is 20.9. The second-order valence-corrected chi connectivity index (χ2v) is 8.73. The summed E-state index contributed by atoms with van der Waals surface area (Å²) >= 11 is 0. The quantitative estimate of drug-likeness (QED) is 0.135. The molecule has 5 nitrogen and oxygen atoms in total. The Balaban J connectivity index is 3.55. The van der Waals surface area contributed by atoms with Crippen molar-refractivity contribution < 1.29 is 23.8 Å². The van der Waals surface area contributed by atoms with Crippen molar-refractivity contribution in [3.63, 3.8) is 0 Å². The van der Waals surface area contributed by atoms with Gasteiger partial charge >= 0.3 is 11.9 Å². The van der Waals surface area contributed by atoms with Gasteiger partial charge in [0.25, 0.3) is 0 Å². The fourth-order valence-corrected chi connectivity index (χ4v) is 3.45. The summed E-state index contributed by atoms with van der Waals surface area (Å²) in [7, 11) is 0. The molecule has 0 fully saturated rings. The first-order chi connectivity index (χ1) is 15.1. The third-order valence-electron chi connectivity index (χ3n) is 5.88. The molecular formula is C26H50O5. The maximum absolute atomic E-state index is 11.8. The Labute approximate surface area is 192 Å². The van der Waals surface area contributed by atoms with Crippen LogP contribution >= 0.6 is 0 Å². The van der Waals surface area contributed by atoms with Crippen LogP contribution in [0.4, 0.5) is 0 Å². The van der Waals surface area contributed by atoms with Gasteiger partial charge in [-0.3, -0.25) is 9.59 Å². The van der Waals surface area contributed by atoms with Crippen LogP contribution in [0.15, 0.2) is 0 Å². The van der Waals surface area contributed by atoms with Crippen molar-refractivity contribution in [1.82, 2.24) is 0 Å². The lowest BCUT2D eigenvalue weighted by Crippen LogP contribution is -2.13. The van der Waals surface area contributed by atoms with Crippen molar-refractivity contribution >= 4 is 11.9 Å². The van der Waals surface area contributed by atoms with Gasteiger partial charge in [-0.15, -0.1) is 0 Å². The van der Waals surface area contributed by atoms with Crippen molar-refractivity contribution in [3.8, 4) is 0 Å². The van der Waals surface area contributed by atoms with Crippen LogP contribution in [-0.4, -0.2) is 38.4 Å². The van der Waals surface area contributed by atoms with E-state index in [0.717, 1.165) is 45.1 Å². The zero-order valence-corrected chi connectivity index (χ0v) is 20.9. The maximum atomic E-state index is 11.8. The van der Waals surface area contributed by atoms with Gasteiger partial charge in [0.05, 0.1) is 13.2 Å². The van der Waals surface area contributed by atoms with Gasteiger partial charge in [-0.1, -0.05) is 66.2 Å². The average molecular weight is 443 g/mol. The number of hydrogen-bond acceptors (Lipinski definition) is 5. The Morgan fingerprint density at radius 3 is 1.81 bits per heavy atom. The normalized spacial score (nSPS) is 13.0. The van der Waals surface area contributed by atoms with E-state index in [-0.39, 0.29) is 11.9 Å². The molecule has 0 rings (SSSR count). The summed E-state index contributed by atoms with van der Waals surface area (Å²) in [6.07, 6.45) is 13.5. The van der Waals surface area contributed by atoms with Gasteiger partial charge < -0.3 is 14.2 Å². The van der Waals surface area contributed by atoms with Gasteiger partial charge in [-0.25, -0.2) is 0 Å². The maximum Gasteiger partial charge on any atom is 0.305 e. The predicted molar refractivity (Wildman–Crippen MR) is 127 cm³/mol. The van der Waals surface area contributed by atoms with E-state index in [0.29, 0.717) is 50.9 Å². The fraction of sp³-hybridized carbons (Fsp3) is 0.923. The van der Waals surface area contributed by atoms with E-state index in [1.807, 2.05) is 0 Å². The number of carbonyl (C=O) groups is 2. The molecule has 31 heavy (non-hydrogen) atoms. The highest BCUT2D eigenvalue weighted by Gasteiger charge is 2.10. The summed E-state index contributed by atoms with van der Waals surface area (Å²) in [4.78, 5) is 23.6. The Hall–Kier alpha value is -1.10. The molecule has 0 aliphatic carbocycles. The van der Waals surface area contributed by atoms with E-state index in [2.05, 4.69) is 27.7 Å². The van der Waals surface area contributed by atoms with Gasteiger partial charge in [-0.05, 0) is 50.4 Å². The van der Waals surface area contributed by atoms with E-state index < -0.39 is 0 Å². The molecule has 0 spiro atoms. The molecule has 0 saturated heterocycles. The van der Waals surface area contributed by atoms with Crippen molar-refractivity contribution in [3.05, 3.63) is 0 Å². The highest BCUT2D eigenvalue weighted by Crippen LogP contribution is 2.14. The molecular weight excluding hydrogens is 392 g/mol. The Morgan fingerprint density at radius 2 is 1.19 bits per heavy atom. The number of unbranched alkanes of at least 4 members (excludes halogenated alkanes) is 4. The van der Waals surface area contributed by atoms with Crippen LogP contribution in [-0.2, 0) is 23.8 Å². The number of rotatable bonds is 22. The first-order valence-corrected chi connectivity index (χ1v) is 13.0. The second-order valence-electron chi connectivity index (χ2n) is 8.73. The van der Waals surface area contributed by atoms with Gasteiger partial charge in [0.1, 0.15) is 0 Å². The van der Waals surface area contributed by atoms with Gasteiger partial charge in [0.15, 0.2) is 0 Å². The Kier molecular flexibility index (Phi) is 21.3. The molecule has 2 atom stereocenters. The summed E-state index contributed by atoms with van der Waals surface area (Å²) in [6, 6.07) is 0. The van der Waals surface area contributed by atoms with Crippen LogP contribution in [0.2, 0.25) is 0 Å². The minimum atomic E-state index is -0.154. The van der Waals surface area contributed by atoms with E-state index in [1.54, 1.807) is 0 Å². The lowest BCUT2D eigenvalue weighted by molar-refractivity contribution is -0.146. The summed E-state index contributed by atoms with van der Waals surface area (Å²) in [5, 5.41) is 0. The number of esters is 2. The second kappa shape index (κ2) is 22.1. The van der Waals surface area contributed by atoms with Crippen molar-refractivity contribution in [2.24, 2.45) is 11.8 Å². The molecule has 0 N–H and O–H groups in total. The molecule has 0 aliphatic heterocycles. The third kappa shape index (κ3) is 19.3. The first kappa shape index (κ1) is 29.9. The first-order valence-electron chi connectivity index (χ1n) is 13.0. The monoisotopic (exact) mass is 442 g/mol. The molecule has 0 aromatic heterocycles. The summed E-state index contributed by atoms with van der Waals surface area (Å²) in [5.74, 6) is 0.867. The van der Waals surface area contributed by atoms with Crippen LogP contribution < -0.4 is 0 Å². The minimum absolute atomic E-state index is 0.105. The number of ether oxygens (including phenoxy) is 3. The molecule has 184 valence electrons. The third-order valence-corrected chi connectivity index (χ3v) is 5.88. The molecule has 0 amide bonds. The summed E-state index contributed by atoms with van der Waals surface area (Å²) < 4.78 is 16.4. The van der Waals surface area contributed by atoms with Crippen LogP contribution in [0, 0.1) is 11.8 Å². The SMILES string of the molecule is CCCCC(CC)COCCCC(=O)OCCCCCC(=O)OCC(CC)CCCC. The number of carbonyl (C=O) groups excluding carboxylic acids is 2. The predicted octanol–water partition coefficient (Wildman–Crippen LogP) is 6.86. The number of hydrogen-bond donors (Lipinski definition) is 0. The molecule has 0 saturated carbocycles. The van der Waals surface area contributed by atoms with Gasteiger partial charge in [-0.2, -0.15) is 0 Å². The standard InChI is InChI=1S/C26H50O5/c1-5-9-15-23(7-3)21-29-19-14-18-25(27)30-20-13-11-12-17-26(28)31-22-24(8-4)16-10-6-2/h23-24H,5-22H2,1-4H3. The summed E-state index contributed by atoms with van der Waals surface area (Å²) in [5.41, 5.74) is 0. The van der Waals surface area contributed by atoms with Crippen LogP contribution in [0.1, 0.15) is 118 Å². The van der Waals surface area contributed by atoms with E-state index in [9.17, 15) is 9.59 Å². The molecule has 0 aliphatic rings. The smallest absolute Gasteiger partial charge is 0.305 e. The molecule has 5 heteroatoms. The lowest BCUT2D eigenvalue weighted by Gasteiger charge is -2.14. The Bertz CT molecular complexity index is 424. The molecule has 0 aromatic carbocycles. The molecule has 0 bridgehead atoms. The molecule has 0 radical (unpaired) electrons. The minimum Gasteiger partial charge on any atom is -0.466 e. The van der Waals surface area contributed by atoms with Crippen LogP contribution in [0.5, 0.6) is 0 Å². The van der Waals surface area contributed by atoms with E-state index in [4.69, 9.17) is 14.2 Å². The fourth-order valence-electron chi connectivity index (χ4n) is 3.45. The zero-order chi connectivity index (χ0) is 23.2. The van der Waals surface area contributed by atoms with Crippen LogP contribution in [0.3, 0.4) is 0 Å². The van der Waals surface area contributed by atoms with Crippen molar-refractivity contribution in [1.29, 1.82) is 0 Å². The van der Waals surface area contributed by atoms with Gasteiger partial charge in [0.2, 0.25) is 0 Å². The van der Waals surface area contributed by atoms with E-state index in [1.165, 1.54) is 32.1 Å². The molecule has 2 unspecified atom stereocenters. The highest BCUT2D eigenvalue weighted by molar-refractivity contribution is 5.69. The van der Waals surface area contributed by atoms with Crippen LogP contribution in [0.25, 0.3) is 0 Å². The van der Waals surface area contributed by atoms with E-state index >= 15 is 0 Å². The van der Waals surface area contributed by atoms with Gasteiger partial charge in [0, 0.05) is 26.1 Å². The molecule has 0 aromatic rings. The van der Waals surface area contributed by atoms with Crippen molar-refractivity contribution in [2.45, 2.75) is 118 Å². The average Bonchev–Trinajstić information content (AvgIpc) is 2.78. The lowest BCUT2D eigenvalue weighted by atomic mass is 10.0. The summed E-state index contributed by atoms with van der Waals surface area (Å²) in [6.45, 7) is 11.2. The largest absolute Gasteiger partial charge is 0.466 e.